The Morgan fingerprint density at radius 1 is 1.24 bits per heavy atom. The Hall–Kier alpha value is -3.55. The van der Waals surface area contributed by atoms with Crippen LogP contribution < -0.4 is 15.6 Å². The molecule has 0 spiro atoms. The third-order valence-corrected chi connectivity index (χ3v) is 5.13. The fraction of sp³-hybridized carbons (Fsp3) is 0.238. The lowest BCUT2D eigenvalue weighted by Crippen LogP contribution is -2.27. The zero-order valence-corrected chi connectivity index (χ0v) is 15.7. The second-order valence-corrected chi connectivity index (χ2v) is 7.05. The van der Waals surface area contributed by atoms with Crippen LogP contribution in [-0.2, 0) is 17.3 Å². The standard InChI is InChI=1S/C21H19FN4O3/c1-26-19(27)10-9-18(25-26)29-13-21(14-5-3-2-4-6-14)11-16(21)20(28)24-17-8-7-15(22)12-23-17/h2-10,12,16H,11,13H2,1H3,(H,23,24,28)/t16-,21+/m0/s1. The number of hydrogen-bond donors (Lipinski definition) is 1. The summed E-state index contributed by atoms with van der Waals surface area (Å²) in [7, 11) is 1.55. The number of amides is 1. The Morgan fingerprint density at radius 2 is 2.03 bits per heavy atom. The number of rotatable bonds is 6. The molecular formula is C21H19FN4O3. The summed E-state index contributed by atoms with van der Waals surface area (Å²) in [5.74, 6) is -0.389. The molecule has 2 atom stereocenters. The number of nitrogens with zero attached hydrogens (tertiary/aromatic N) is 3. The molecule has 4 rings (SSSR count). The maximum atomic E-state index is 13.0. The van der Waals surface area contributed by atoms with Gasteiger partial charge in [0.1, 0.15) is 18.2 Å². The van der Waals surface area contributed by atoms with Crippen molar-refractivity contribution in [2.45, 2.75) is 11.8 Å². The maximum Gasteiger partial charge on any atom is 0.266 e. The SMILES string of the molecule is Cn1nc(OC[C@@]2(c3ccccc3)C[C@H]2C(=O)Nc2ccc(F)cn2)ccc1=O. The van der Waals surface area contributed by atoms with E-state index < -0.39 is 11.2 Å². The van der Waals surface area contributed by atoms with Gasteiger partial charge in [0.2, 0.25) is 11.8 Å². The molecule has 2 aromatic heterocycles. The van der Waals surface area contributed by atoms with E-state index in [9.17, 15) is 14.0 Å². The highest BCUT2D eigenvalue weighted by atomic mass is 19.1. The molecule has 0 saturated heterocycles. The van der Waals surface area contributed by atoms with Crippen molar-refractivity contribution in [3.8, 4) is 5.88 Å². The smallest absolute Gasteiger partial charge is 0.266 e. The number of benzene rings is 1. The van der Waals surface area contributed by atoms with Crippen molar-refractivity contribution < 1.29 is 13.9 Å². The average Bonchev–Trinajstić information content (AvgIpc) is 3.47. The lowest BCUT2D eigenvalue weighted by atomic mass is 9.94. The molecule has 0 aliphatic heterocycles. The Balaban J connectivity index is 1.53. The van der Waals surface area contributed by atoms with Crippen LogP contribution in [0.2, 0.25) is 0 Å². The number of halogens is 1. The number of carbonyl (C=O) groups is 1. The Bertz CT molecular complexity index is 1090. The summed E-state index contributed by atoms with van der Waals surface area (Å²) in [6.07, 6.45) is 1.65. The zero-order chi connectivity index (χ0) is 20.4. The van der Waals surface area contributed by atoms with Crippen molar-refractivity contribution in [1.82, 2.24) is 14.8 Å². The lowest BCUT2D eigenvalue weighted by molar-refractivity contribution is -0.117. The highest BCUT2D eigenvalue weighted by molar-refractivity contribution is 5.95. The Morgan fingerprint density at radius 3 is 2.72 bits per heavy atom. The van der Waals surface area contributed by atoms with Gasteiger partial charge < -0.3 is 10.1 Å². The highest BCUT2D eigenvalue weighted by Gasteiger charge is 2.60. The van der Waals surface area contributed by atoms with E-state index in [1.165, 1.54) is 28.9 Å². The average molecular weight is 394 g/mol. The van der Waals surface area contributed by atoms with Crippen LogP contribution in [-0.4, -0.2) is 27.3 Å². The summed E-state index contributed by atoms with van der Waals surface area (Å²) >= 11 is 0. The van der Waals surface area contributed by atoms with Crippen LogP contribution in [0.3, 0.4) is 0 Å². The van der Waals surface area contributed by atoms with Gasteiger partial charge in [-0.3, -0.25) is 9.59 Å². The second kappa shape index (κ2) is 7.46. The van der Waals surface area contributed by atoms with Gasteiger partial charge in [0.25, 0.3) is 5.56 Å². The van der Waals surface area contributed by atoms with E-state index >= 15 is 0 Å². The topological polar surface area (TPSA) is 86.1 Å². The van der Waals surface area contributed by atoms with Crippen LogP contribution in [0.25, 0.3) is 0 Å². The van der Waals surface area contributed by atoms with E-state index in [4.69, 9.17) is 4.74 Å². The van der Waals surface area contributed by atoms with Crippen molar-refractivity contribution in [3.63, 3.8) is 0 Å². The molecule has 3 aromatic rings. The summed E-state index contributed by atoms with van der Waals surface area (Å²) in [5.41, 5.74) is 0.240. The molecule has 7 nitrogen and oxygen atoms in total. The number of aryl methyl sites for hydroxylation is 1. The normalized spacial score (nSPS) is 20.1. The summed E-state index contributed by atoms with van der Waals surface area (Å²) in [4.78, 5) is 28.2. The van der Waals surface area contributed by atoms with Gasteiger partial charge in [0.15, 0.2) is 0 Å². The summed E-state index contributed by atoms with van der Waals surface area (Å²) < 4.78 is 20.1. The monoisotopic (exact) mass is 394 g/mol. The molecule has 1 aliphatic carbocycles. The fourth-order valence-corrected chi connectivity index (χ4v) is 3.40. The van der Waals surface area contributed by atoms with Crippen molar-refractivity contribution >= 4 is 11.7 Å². The fourth-order valence-electron chi connectivity index (χ4n) is 3.40. The van der Waals surface area contributed by atoms with E-state index in [1.54, 1.807) is 7.05 Å². The highest BCUT2D eigenvalue weighted by Crippen LogP contribution is 2.54. The number of anilines is 1. The van der Waals surface area contributed by atoms with Crippen LogP contribution in [0.1, 0.15) is 12.0 Å². The summed E-state index contributed by atoms with van der Waals surface area (Å²) in [6, 6.07) is 15.2. The van der Waals surface area contributed by atoms with Crippen LogP contribution in [0.4, 0.5) is 10.2 Å². The molecule has 1 N–H and O–H groups in total. The van der Waals surface area contributed by atoms with Gasteiger partial charge in [-0.05, 0) is 24.1 Å². The number of pyridine rings is 1. The van der Waals surface area contributed by atoms with E-state index in [0.29, 0.717) is 18.1 Å². The molecule has 8 heteroatoms. The van der Waals surface area contributed by atoms with Crippen LogP contribution >= 0.6 is 0 Å². The molecule has 1 aliphatic rings. The third kappa shape index (κ3) is 3.87. The molecule has 1 aromatic carbocycles. The maximum absolute atomic E-state index is 13.0. The van der Waals surface area contributed by atoms with Gasteiger partial charge in [-0.15, -0.1) is 5.10 Å². The predicted octanol–water partition coefficient (Wildman–Crippen LogP) is 2.29. The van der Waals surface area contributed by atoms with E-state index in [-0.39, 0.29) is 24.0 Å². The lowest BCUT2D eigenvalue weighted by Gasteiger charge is -2.18. The molecule has 1 amide bonds. The molecule has 0 unspecified atom stereocenters. The molecule has 0 radical (unpaired) electrons. The number of carbonyl (C=O) groups excluding carboxylic acids is 1. The van der Waals surface area contributed by atoms with Gasteiger partial charge in [-0.25, -0.2) is 14.1 Å². The third-order valence-electron chi connectivity index (χ3n) is 5.13. The van der Waals surface area contributed by atoms with Crippen LogP contribution in [0.5, 0.6) is 5.88 Å². The number of aromatic nitrogens is 3. The van der Waals surface area contributed by atoms with Gasteiger partial charge in [-0.2, -0.15) is 0 Å². The second-order valence-electron chi connectivity index (χ2n) is 7.05. The van der Waals surface area contributed by atoms with Gasteiger partial charge in [0, 0.05) is 24.6 Å². The Labute approximate surface area is 166 Å². The molecule has 29 heavy (non-hydrogen) atoms. The first-order valence-corrected chi connectivity index (χ1v) is 9.13. The van der Waals surface area contributed by atoms with Crippen molar-refractivity contribution in [2.24, 2.45) is 13.0 Å². The Kier molecular flexibility index (Phi) is 4.84. The molecule has 0 bridgehead atoms. The molecule has 1 saturated carbocycles. The zero-order valence-electron chi connectivity index (χ0n) is 15.7. The van der Waals surface area contributed by atoms with Crippen LogP contribution in [0.15, 0.2) is 65.6 Å². The first-order chi connectivity index (χ1) is 14.0. The predicted molar refractivity (Wildman–Crippen MR) is 104 cm³/mol. The van der Waals surface area contributed by atoms with Crippen molar-refractivity contribution in [2.75, 3.05) is 11.9 Å². The van der Waals surface area contributed by atoms with Gasteiger partial charge in [-0.1, -0.05) is 30.3 Å². The van der Waals surface area contributed by atoms with E-state index in [1.807, 2.05) is 30.3 Å². The van der Waals surface area contributed by atoms with Crippen LogP contribution in [0, 0.1) is 11.7 Å². The van der Waals surface area contributed by atoms with Crippen molar-refractivity contribution in [1.29, 1.82) is 0 Å². The quantitative estimate of drug-likeness (QED) is 0.693. The van der Waals surface area contributed by atoms with E-state index in [2.05, 4.69) is 15.4 Å². The van der Waals surface area contributed by atoms with E-state index in [0.717, 1.165) is 11.8 Å². The number of ether oxygens (including phenoxy) is 1. The minimum Gasteiger partial charge on any atom is -0.476 e. The molecule has 148 valence electrons. The largest absolute Gasteiger partial charge is 0.476 e. The minimum atomic E-state index is -0.512. The number of nitrogens with one attached hydrogen (secondary N) is 1. The molecule has 2 heterocycles. The summed E-state index contributed by atoms with van der Waals surface area (Å²) in [5, 5.41) is 6.82. The van der Waals surface area contributed by atoms with Crippen molar-refractivity contribution in [3.05, 3.63) is 82.5 Å². The summed E-state index contributed by atoms with van der Waals surface area (Å²) in [6.45, 7) is 0.233. The van der Waals surface area contributed by atoms with Gasteiger partial charge >= 0.3 is 0 Å². The number of hydrogen-bond acceptors (Lipinski definition) is 5. The molecular weight excluding hydrogens is 375 g/mol. The molecule has 1 fully saturated rings. The first kappa shape index (κ1) is 18.8. The minimum absolute atomic E-state index is 0.204. The van der Waals surface area contributed by atoms with Gasteiger partial charge in [0.05, 0.1) is 12.1 Å². The first-order valence-electron chi connectivity index (χ1n) is 9.13.